The van der Waals surface area contributed by atoms with E-state index in [1.165, 1.54) is 34.3 Å². The number of hydrogen-bond acceptors (Lipinski definition) is 10. The van der Waals surface area contributed by atoms with Crippen LogP contribution in [0, 0.1) is 11.6 Å². The first-order valence-corrected chi connectivity index (χ1v) is 14.1. The zero-order valence-electron chi connectivity index (χ0n) is 22.5. The van der Waals surface area contributed by atoms with Gasteiger partial charge in [-0.25, -0.2) is 18.6 Å². The number of methoxy groups -OCH3 is 1. The van der Waals surface area contributed by atoms with E-state index < -0.39 is 48.1 Å². The number of thiazole rings is 1. The van der Waals surface area contributed by atoms with Crippen LogP contribution in [0.5, 0.6) is 5.75 Å². The van der Waals surface area contributed by atoms with Crippen LogP contribution in [-0.4, -0.2) is 66.4 Å². The van der Waals surface area contributed by atoms with E-state index in [2.05, 4.69) is 9.72 Å². The van der Waals surface area contributed by atoms with Crippen LogP contribution < -0.4 is 15.2 Å². The van der Waals surface area contributed by atoms with E-state index in [1.807, 2.05) is 24.3 Å². The zero-order valence-corrected chi connectivity index (χ0v) is 23.3. The van der Waals surface area contributed by atoms with Gasteiger partial charge < -0.3 is 23.8 Å². The molecule has 0 spiro atoms. The molecule has 7 rings (SSSR count). The Labute approximate surface area is 246 Å². The van der Waals surface area contributed by atoms with Gasteiger partial charge in [0.15, 0.2) is 17.3 Å². The van der Waals surface area contributed by atoms with Crippen molar-refractivity contribution in [1.29, 1.82) is 0 Å². The van der Waals surface area contributed by atoms with E-state index in [0.29, 0.717) is 16.1 Å². The van der Waals surface area contributed by atoms with E-state index in [4.69, 9.17) is 14.2 Å². The van der Waals surface area contributed by atoms with Gasteiger partial charge in [-0.15, -0.1) is 11.3 Å². The third kappa shape index (κ3) is 4.16. The summed E-state index contributed by atoms with van der Waals surface area (Å²) in [4.78, 5) is 45.2. The maximum absolute atomic E-state index is 15.8. The van der Waals surface area contributed by atoms with Crippen molar-refractivity contribution < 1.29 is 37.3 Å². The van der Waals surface area contributed by atoms with Gasteiger partial charge in [0.05, 0.1) is 42.4 Å². The highest BCUT2D eigenvalue weighted by molar-refractivity contribution is 7.13. The number of ether oxygens (including phenoxy) is 4. The maximum atomic E-state index is 15.8. The molecule has 4 heterocycles. The minimum atomic E-state index is -1.04. The Morgan fingerprint density at radius 1 is 1.14 bits per heavy atom. The summed E-state index contributed by atoms with van der Waals surface area (Å²) in [6.07, 6.45) is -0.317. The monoisotopic (exact) mass is 608 g/mol. The van der Waals surface area contributed by atoms with E-state index in [1.54, 1.807) is 15.4 Å². The second-order valence-electron chi connectivity index (χ2n) is 9.84. The number of rotatable bonds is 4. The molecule has 220 valence electrons. The third-order valence-corrected chi connectivity index (χ3v) is 8.55. The van der Waals surface area contributed by atoms with Crippen molar-refractivity contribution in [3.05, 3.63) is 92.9 Å². The molecule has 43 heavy (non-hydrogen) atoms. The van der Waals surface area contributed by atoms with Crippen LogP contribution in [0.15, 0.2) is 59.0 Å². The van der Waals surface area contributed by atoms with Crippen LogP contribution in [0.25, 0.3) is 21.7 Å². The molecule has 2 aromatic heterocycles. The highest BCUT2D eigenvalue weighted by atomic mass is 32.1. The maximum Gasteiger partial charge on any atom is 0.510 e. The summed E-state index contributed by atoms with van der Waals surface area (Å²) in [6.45, 7) is -0.163. The number of halogens is 2. The van der Waals surface area contributed by atoms with Crippen LogP contribution in [0.4, 0.5) is 13.6 Å². The van der Waals surface area contributed by atoms with Crippen LogP contribution in [-0.2, 0) is 14.2 Å². The molecule has 0 bridgehead atoms. The van der Waals surface area contributed by atoms with Gasteiger partial charge in [0, 0.05) is 24.4 Å². The van der Waals surface area contributed by atoms with Crippen molar-refractivity contribution in [2.24, 2.45) is 0 Å². The molecule has 3 aliphatic rings. The first kappa shape index (κ1) is 27.0. The molecule has 11 nitrogen and oxygen atoms in total. The molecule has 2 unspecified atom stereocenters. The largest absolute Gasteiger partial charge is 0.510 e. The van der Waals surface area contributed by atoms with Gasteiger partial charge in [0.2, 0.25) is 18.0 Å². The number of nitrogens with zero attached hydrogens (tertiary/aromatic N) is 4. The first-order valence-electron chi connectivity index (χ1n) is 13.2. The molecule has 2 aliphatic heterocycles. The van der Waals surface area contributed by atoms with Gasteiger partial charge in [-0.2, -0.15) is 0 Å². The SMILES string of the molecule is COC(=O)OCOc1c2n(ccc1=O)N(C1c3ccccc3-c3scnc3-c3c1ccc(F)c3F)C1COCCN1C2=O. The van der Waals surface area contributed by atoms with Crippen molar-refractivity contribution in [2.45, 2.75) is 12.2 Å². The fourth-order valence-electron chi connectivity index (χ4n) is 5.90. The normalized spacial score (nSPS) is 18.4. The number of aromatic nitrogens is 2. The fraction of sp³-hybridized carbons (Fsp3) is 0.241. The van der Waals surface area contributed by atoms with Crippen LogP contribution in [0.2, 0.25) is 0 Å². The number of hydrogen-bond donors (Lipinski definition) is 0. The number of morpholine rings is 1. The summed E-state index contributed by atoms with van der Waals surface area (Å²) >= 11 is 1.31. The van der Waals surface area contributed by atoms with E-state index in [-0.39, 0.29) is 36.8 Å². The molecule has 1 saturated heterocycles. The second kappa shape index (κ2) is 10.5. The molecule has 0 radical (unpaired) electrons. The molecule has 0 N–H and O–H groups in total. The van der Waals surface area contributed by atoms with Crippen molar-refractivity contribution in [1.82, 2.24) is 14.6 Å². The molecule has 1 amide bonds. The van der Waals surface area contributed by atoms with Gasteiger partial charge in [0.25, 0.3) is 5.91 Å². The molecule has 0 saturated carbocycles. The molecule has 1 aliphatic carbocycles. The molecular weight excluding hydrogens is 586 g/mol. The summed E-state index contributed by atoms with van der Waals surface area (Å²) in [5.74, 6) is -2.93. The molecular formula is C29H22F2N4O7S. The number of pyridine rings is 1. The van der Waals surface area contributed by atoms with Crippen molar-refractivity contribution in [3.63, 3.8) is 0 Å². The van der Waals surface area contributed by atoms with Crippen molar-refractivity contribution >= 4 is 23.4 Å². The average Bonchev–Trinajstić information content (AvgIpc) is 3.47. The topological polar surface area (TPSA) is 112 Å². The quantitative estimate of drug-likeness (QED) is 0.252. The summed E-state index contributed by atoms with van der Waals surface area (Å²) in [5, 5.41) is 1.80. The lowest BCUT2D eigenvalue weighted by atomic mass is 9.92. The van der Waals surface area contributed by atoms with E-state index >= 15 is 4.39 Å². The van der Waals surface area contributed by atoms with Crippen LogP contribution in [0.1, 0.15) is 27.7 Å². The summed E-state index contributed by atoms with van der Waals surface area (Å²) in [5.41, 5.74) is 3.04. The molecule has 2 aromatic carbocycles. The summed E-state index contributed by atoms with van der Waals surface area (Å²) in [6, 6.07) is 10.4. The van der Waals surface area contributed by atoms with Crippen molar-refractivity contribution in [2.75, 3.05) is 38.7 Å². The van der Waals surface area contributed by atoms with Crippen LogP contribution in [0.3, 0.4) is 0 Å². The Kier molecular flexibility index (Phi) is 6.58. The predicted molar refractivity (Wildman–Crippen MR) is 148 cm³/mol. The smallest absolute Gasteiger partial charge is 0.451 e. The Bertz CT molecular complexity index is 1840. The number of carbonyl (C=O) groups excluding carboxylic acids is 2. The number of amides is 1. The van der Waals surface area contributed by atoms with Crippen molar-refractivity contribution in [3.8, 4) is 27.4 Å². The first-order chi connectivity index (χ1) is 20.9. The number of benzene rings is 2. The highest BCUT2D eigenvalue weighted by Gasteiger charge is 2.47. The third-order valence-electron chi connectivity index (χ3n) is 7.69. The second-order valence-corrected chi connectivity index (χ2v) is 10.7. The Balaban J connectivity index is 1.49. The number of fused-ring (bicyclic) bond motifs is 7. The zero-order chi connectivity index (χ0) is 29.8. The van der Waals surface area contributed by atoms with Gasteiger partial charge >= 0.3 is 6.16 Å². The lowest BCUT2D eigenvalue weighted by Crippen LogP contribution is -2.66. The van der Waals surface area contributed by atoms with E-state index in [9.17, 15) is 18.8 Å². The molecule has 14 heteroatoms. The molecule has 2 atom stereocenters. The summed E-state index contributed by atoms with van der Waals surface area (Å²) < 4.78 is 52.7. The van der Waals surface area contributed by atoms with Gasteiger partial charge in [-0.3, -0.25) is 19.3 Å². The van der Waals surface area contributed by atoms with Gasteiger partial charge in [-0.05, 0) is 22.8 Å². The Morgan fingerprint density at radius 3 is 2.81 bits per heavy atom. The lowest BCUT2D eigenvalue weighted by Gasteiger charge is -2.51. The number of carbonyl (C=O) groups is 2. The standard InChI is InChI=1S/C29H22F2N4O7S/c1-39-29(38)42-14-41-26-19(36)8-9-34-25(26)28(37)33-10-11-40-12-20(33)35(34)24-15-4-2-3-5-16(15)27-23(32-13-43-27)21-17(24)6-7-18(30)22(21)31/h2-9,13,20,24H,10-12,14H2,1H3. The predicted octanol–water partition coefficient (Wildman–Crippen LogP) is 3.89. The Hall–Kier alpha value is -4.82. The molecule has 4 aromatic rings. The van der Waals surface area contributed by atoms with Gasteiger partial charge in [-0.1, -0.05) is 30.3 Å². The minimum absolute atomic E-state index is 0.00294. The van der Waals surface area contributed by atoms with Crippen LogP contribution >= 0.6 is 11.3 Å². The molecule has 1 fully saturated rings. The Morgan fingerprint density at radius 2 is 1.98 bits per heavy atom. The average molecular weight is 609 g/mol. The van der Waals surface area contributed by atoms with Gasteiger partial charge in [0.1, 0.15) is 6.17 Å². The highest BCUT2D eigenvalue weighted by Crippen LogP contribution is 2.50. The fourth-order valence-corrected chi connectivity index (χ4v) is 6.74. The van der Waals surface area contributed by atoms with E-state index in [0.717, 1.165) is 24.3 Å². The lowest BCUT2D eigenvalue weighted by molar-refractivity contribution is -0.0208. The summed E-state index contributed by atoms with van der Waals surface area (Å²) in [7, 11) is 1.12. The minimum Gasteiger partial charge on any atom is -0.451 e.